The fourth-order valence-electron chi connectivity index (χ4n) is 1.95. The van der Waals surface area contributed by atoms with Gasteiger partial charge in [0.1, 0.15) is 0 Å². The van der Waals surface area contributed by atoms with Gasteiger partial charge in [0, 0.05) is 5.75 Å². The van der Waals surface area contributed by atoms with Gasteiger partial charge in [-0.05, 0) is 22.9 Å². The topological polar surface area (TPSA) is 72.0 Å². The zero-order valence-electron chi connectivity index (χ0n) is 12.0. The monoisotopic (exact) mass is 363 g/mol. The Balaban J connectivity index is 1.85. The number of nitrogens with one attached hydrogen (secondary N) is 1. The molecule has 23 heavy (non-hydrogen) atoms. The van der Waals surface area contributed by atoms with Gasteiger partial charge < -0.3 is 0 Å². The second-order valence-electron chi connectivity index (χ2n) is 4.59. The van der Waals surface area contributed by atoms with Gasteiger partial charge in [-0.3, -0.25) is 4.72 Å². The summed E-state index contributed by atoms with van der Waals surface area (Å²) in [6.07, 6.45) is 1.75. The Labute approximate surface area is 142 Å². The minimum atomic E-state index is -3.68. The third-order valence-corrected chi connectivity index (χ3v) is 6.42. The van der Waals surface area contributed by atoms with Crippen molar-refractivity contribution in [2.45, 2.75) is 9.24 Å². The van der Waals surface area contributed by atoms with Crippen LogP contribution >= 0.6 is 23.1 Å². The van der Waals surface area contributed by atoms with Crippen LogP contribution in [0.3, 0.4) is 0 Å². The minimum absolute atomic E-state index is 0.201. The van der Waals surface area contributed by atoms with E-state index in [1.807, 2.05) is 24.3 Å². The van der Waals surface area contributed by atoms with Crippen LogP contribution in [-0.2, 0) is 10.0 Å². The highest BCUT2D eigenvalue weighted by molar-refractivity contribution is 8.01. The highest BCUT2D eigenvalue weighted by Gasteiger charge is 2.17. The number of nitrogens with zero attached hydrogens (tertiary/aromatic N) is 2. The molecule has 1 aromatic heterocycles. The summed E-state index contributed by atoms with van der Waals surface area (Å²) in [5.74, 6) is 0.700. The average molecular weight is 363 g/mol. The van der Waals surface area contributed by atoms with Gasteiger partial charge in [-0.2, -0.15) is 0 Å². The number of hydrogen-bond donors (Lipinski definition) is 1. The molecule has 8 heteroatoms. The smallest absolute Gasteiger partial charge is 0.253 e. The molecule has 0 unspecified atom stereocenters. The molecule has 0 saturated heterocycles. The Morgan fingerprint density at radius 3 is 2.74 bits per heavy atom. The van der Waals surface area contributed by atoms with Gasteiger partial charge >= 0.3 is 0 Å². The van der Waals surface area contributed by atoms with Crippen molar-refractivity contribution in [3.05, 3.63) is 55.1 Å². The molecule has 0 aliphatic carbocycles. The first kappa shape index (κ1) is 16.0. The molecule has 1 heterocycles. The van der Waals surface area contributed by atoms with E-state index in [9.17, 15) is 8.42 Å². The molecule has 3 aromatic rings. The van der Waals surface area contributed by atoms with Crippen LogP contribution in [-0.4, -0.2) is 24.4 Å². The van der Waals surface area contributed by atoms with E-state index < -0.39 is 10.0 Å². The molecule has 2 aromatic carbocycles. The van der Waals surface area contributed by atoms with Crippen molar-refractivity contribution < 1.29 is 8.42 Å². The highest BCUT2D eigenvalue weighted by Crippen LogP contribution is 2.27. The van der Waals surface area contributed by atoms with E-state index >= 15 is 0 Å². The van der Waals surface area contributed by atoms with E-state index in [-0.39, 0.29) is 10.0 Å². The van der Waals surface area contributed by atoms with E-state index in [2.05, 4.69) is 21.5 Å². The average Bonchev–Trinajstić information content (AvgIpc) is 2.99. The van der Waals surface area contributed by atoms with Gasteiger partial charge in [-0.15, -0.1) is 16.8 Å². The maximum atomic E-state index is 12.5. The molecule has 0 fully saturated rings. The normalized spacial score (nSPS) is 11.5. The van der Waals surface area contributed by atoms with Crippen molar-refractivity contribution >= 4 is 49.0 Å². The molecule has 5 nitrogen and oxygen atoms in total. The number of fused-ring (bicyclic) bond motifs is 1. The highest BCUT2D eigenvalue weighted by atomic mass is 32.2. The number of anilines is 1. The molecular formula is C15H13N3O2S3. The molecule has 0 aliphatic rings. The van der Waals surface area contributed by atoms with Crippen molar-refractivity contribution in [2.24, 2.45) is 0 Å². The Bertz CT molecular complexity index is 951. The number of thioether (sulfide) groups is 1. The Hall–Kier alpha value is -1.90. The first-order valence-corrected chi connectivity index (χ1v) is 9.96. The van der Waals surface area contributed by atoms with Gasteiger partial charge in [0.2, 0.25) is 5.13 Å². The van der Waals surface area contributed by atoms with E-state index in [1.165, 1.54) is 23.1 Å². The second-order valence-corrected chi connectivity index (χ2v) is 8.51. The number of aromatic nitrogens is 2. The van der Waals surface area contributed by atoms with Gasteiger partial charge in [0.15, 0.2) is 4.34 Å². The largest absolute Gasteiger partial charge is 0.263 e. The van der Waals surface area contributed by atoms with Crippen LogP contribution in [0, 0.1) is 0 Å². The van der Waals surface area contributed by atoms with E-state index in [4.69, 9.17) is 0 Å². The lowest BCUT2D eigenvalue weighted by atomic mass is 10.1. The first-order chi connectivity index (χ1) is 11.1. The maximum absolute atomic E-state index is 12.5. The van der Waals surface area contributed by atoms with Gasteiger partial charge in [-0.1, -0.05) is 59.5 Å². The van der Waals surface area contributed by atoms with Crippen molar-refractivity contribution in [3.63, 3.8) is 0 Å². The molecule has 0 spiro atoms. The summed E-state index contributed by atoms with van der Waals surface area (Å²) in [7, 11) is -3.68. The molecule has 0 radical (unpaired) electrons. The Kier molecular flexibility index (Phi) is 4.65. The minimum Gasteiger partial charge on any atom is -0.253 e. The van der Waals surface area contributed by atoms with Crippen LogP contribution in [0.1, 0.15) is 0 Å². The molecule has 0 bridgehead atoms. The lowest BCUT2D eigenvalue weighted by Gasteiger charge is -2.06. The summed E-state index contributed by atoms with van der Waals surface area (Å²) in [5.41, 5.74) is 0. The third-order valence-electron chi connectivity index (χ3n) is 2.98. The second kappa shape index (κ2) is 6.69. The molecular weight excluding hydrogens is 350 g/mol. The predicted molar refractivity (Wildman–Crippen MR) is 95.6 cm³/mol. The summed E-state index contributed by atoms with van der Waals surface area (Å²) < 4.78 is 28.1. The van der Waals surface area contributed by atoms with Gasteiger partial charge in [0.25, 0.3) is 10.0 Å². The van der Waals surface area contributed by atoms with E-state index in [0.717, 1.165) is 10.8 Å². The van der Waals surface area contributed by atoms with Crippen LogP contribution < -0.4 is 4.72 Å². The Morgan fingerprint density at radius 2 is 1.96 bits per heavy atom. The summed E-state index contributed by atoms with van der Waals surface area (Å²) in [6, 6.07) is 12.6. The molecule has 0 atom stereocenters. The van der Waals surface area contributed by atoms with Crippen molar-refractivity contribution in [2.75, 3.05) is 10.5 Å². The molecule has 118 valence electrons. The first-order valence-electron chi connectivity index (χ1n) is 6.67. The van der Waals surface area contributed by atoms with E-state index in [0.29, 0.717) is 10.1 Å². The van der Waals surface area contributed by atoms with Crippen LogP contribution in [0.15, 0.2) is 64.4 Å². The number of rotatable bonds is 6. The molecule has 0 amide bonds. The maximum Gasteiger partial charge on any atom is 0.263 e. The predicted octanol–water partition coefficient (Wildman–Crippen LogP) is 3.77. The summed E-state index contributed by atoms with van der Waals surface area (Å²) in [5, 5.41) is 9.92. The fraction of sp³-hybridized carbons (Fsp3) is 0.0667. The van der Waals surface area contributed by atoms with Gasteiger partial charge in [0.05, 0.1) is 4.90 Å². The molecule has 0 aliphatic heterocycles. The van der Waals surface area contributed by atoms with Crippen molar-refractivity contribution in [3.8, 4) is 0 Å². The van der Waals surface area contributed by atoms with Gasteiger partial charge in [-0.25, -0.2) is 8.42 Å². The van der Waals surface area contributed by atoms with Crippen LogP contribution in [0.4, 0.5) is 5.13 Å². The van der Waals surface area contributed by atoms with Crippen molar-refractivity contribution in [1.82, 2.24) is 10.2 Å². The molecule has 3 rings (SSSR count). The third kappa shape index (κ3) is 3.72. The lowest BCUT2D eigenvalue weighted by molar-refractivity contribution is 0.601. The zero-order chi connectivity index (χ0) is 16.3. The summed E-state index contributed by atoms with van der Waals surface area (Å²) >= 11 is 2.66. The Morgan fingerprint density at radius 1 is 1.17 bits per heavy atom. The SMILES string of the molecule is C=CCSc1nnc(NS(=O)(=O)c2ccc3ccccc3c2)s1. The number of benzene rings is 2. The van der Waals surface area contributed by atoms with Crippen LogP contribution in [0.25, 0.3) is 10.8 Å². The number of sulfonamides is 1. The number of hydrogen-bond acceptors (Lipinski definition) is 6. The van der Waals surface area contributed by atoms with Crippen LogP contribution in [0.5, 0.6) is 0 Å². The fourth-order valence-corrected chi connectivity index (χ4v) is 4.73. The lowest BCUT2D eigenvalue weighted by Crippen LogP contribution is -2.12. The zero-order valence-corrected chi connectivity index (χ0v) is 14.4. The standard InChI is InChI=1S/C15H13N3O2S3/c1-2-9-21-15-17-16-14(22-15)18-23(19,20)13-8-7-11-5-3-4-6-12(11)10-13/h2-8,10H,1,9H2,(H,16,18). The summed E-state index contributed by atoms with van der Waals surface area (Å²) in [6.45, 7) is 3.63. The quantitative estimate of drug-likeness (QED) is 0.533. The summed E-state index contributed by atoms with van der Waals surface area (Å²) in [4.78, 5) is 0.201. The molecule has 0 saturated carbocycles. The molecule has 1 N–H and O–H groups in total. The van der Waals surface area contributed by atoms with E-state index in [1.54, 1.807) is 24.3 Å². The van der Waals surface area contributed by atoms with Crippen LogP contribution in [0.2, 0.25) is 0 Å². The van der Waals surface area contributed by atoms with Crippen molar-refractivity contribution in [1.29, 1.82) is 0 Å².